The number of ether oxygens (including phenoxy) is 2. The third-order valence-electron chi connectivity index (χ3n) is 3.66. The van der Waals surface area contributed by atoms with Crippen molar-refractivity contribution in [2.24, 2.45) is 0 Å². The van der Waals surface area contributed by atoms with E-state index in [0.717, 1.165) is 0 Å². The van der Waals surface area contributed by atoms with Gasteiger partial charge in [-0.1, -0.05) is 0 Å². The summed E-state index contributed by atoms with van der Waals surface area (Å²) in [6.45, 7) is 1.49. The Labute approximate surface area is 147 Å². The Morgan fingerprint density at radius 2 is 2.00 bits per heavy atom. The van der Waals surface area contributed by atoms with Crippen molar-refractivity contribution in [1.82, 2.24) is 0 Å². The number of rotatable bonds is 5. The van der Waals surface area contributed by atoms with Gasteiger partial charge >= 0.3 is 0 Å². The van der Waals surface area contributed by atoms with E-state index in [1.807, 2.05) is 6.07 Å². The molecule has 0 saturated heterocycles. The van der Waals surface area contributed by atoms with E-state index in [1.165, 1.54) is 36.6 Å². The molecule has 2 aromatic carbocycles. The zero-order valence-electron chi connectivity index (χ0n) is 13.6. The van der Waals surface area contributed by atoms with Crippen molar-refractivity contribution >= 4 is 16.9 Å². The summed E-state index contributed by atoms with van der Waals surface area (Å²) in [4.78, 5) is 23.5. The normalized spacial score (nSPS) is 10.3. The molecule has 3 aromatic rings. The summed E-state index contributed by atoms with van der Waals surface area (Å²) < 4.78 is 16.1. The van der Waals surface area contributed by atoms with Crippen LogP contribution < -0.4 is 20.0 Å². The molecule has 1 aromatic heterocycles. The first-order valence-corrected chi connectivity index (χ1v) is 7.55. The van der Waals surface area contributed by atoms with Crippen molar-refractivity contribution in [2.45, 2.75) is 6.92 Å². The SMILES string of the molecule is Cc1cc(Oc2coc3cc(OCC#N)ccc3c2=O)ccc1C(=O)[O-]. The number of carbonyl (C=O) groups excluding carboxylic acids is 1. The molecular weight excluding hydrogens is 338 g/mol. The summed E-state index contributed by atoms with van der Waals surface area (Å²) >= 11 is 0. The third kappa shape index (κ3) is 3.35. The predicted molar refractivity (Wildman–Crippen MR) is 89.2 cm³/mol. The van der Waals surface area contributed by atoms with E-state index in [1.54, 1.807) is 13.0 Å². The molecule has 0 spiro atoms. The van der Waals surface area contributed by atoms with Crippen LogP contribution in [0.5, 0.6) is 17.2 Å². The number of nitrogens with zero attached hydrogens (tertiary/aromatic N) is 1. The van der Waals surface area contributed by atoms with Crippen LogP contribution in [-0.4, -0.2) is 12.6 Å². The van der Waals surface area contributed by atoms with Gasteiger partial charge in [-0.2, -0.15) is 5.26 Å². The van der Waals surface area contributed by atoms with Crippen molar-refractivity contribution < 1.29 is 23.8 Å². The summed E-state index contributed by atoms with van der Waals surface area (Å²) in [5, 5.41) is 19.8. The lowest BCUT2D eigenvalue weighted by Gasteiger charge is -2.10. The lowest BCUT2D eigenvalue weighted by Crippen LogP contribution is -2.23. The summed E-state index contributed by atoms with van der Waals surface area (Å²) in [6, 6.07) is 10.7. The average Bonchev–Trinajstić information content (AvgIpc) is 2.62. The quantitative estimate of drug-likeness (QED) is 0.693. The summed E-state index contributed by atoms with van der Waals surface area (Å²) in [5.74, 6) is -0.616. The number of aromatic carboxylic acids is 1. The molecule has 0 saturated carbocycles. The van der Waals surface area contributed by atoms with Crippen molar-refractivity contribution in [2.75, 3.05) is 6.61 Å². The second-order valence-electron chi connectivity index (χ2n) is 5.40. The van der Waals surface area contributed by atoms with Gasteiger partial charge in [0.2, 0.25) is 11.2 Å². The van der Waals surface area contributed by atoms with Crippen molar-refractivity contribution in [3.05, 3.63) is 64.0 Å². The number of hydrogen-bond acceptors (Lipinski definition) is 7. The molecule has 0 bridgehead atoms. The molecule has 0 aliphatic carbocycles. The highest BCUT2D eigenvalue weighted by Crippen LogP contribution is 2.25. The summed E-state index contributed by atoms with van der Waals surface area (Å²) in [5.41, 5.74) is 0.403. The van der Waals surface area contributed by atoms with Gasteiger partial charge in [-0.05, 0) is 42.8 Å². The maximum atomic E-state index is 12.5. The minimum atomic E-state index is -1.28. The third-order valence-corrected chi connectivity index (χ3v) is 3.66. The zero-order chi connectivity index (χ0) is 18.7. The van der Waals surface area contributed by atoms with E-state index in [-0.39, 0.29) is 28.7 Å². The molecule has 0 aliphatic rings. The summed E-state index contributed by atoms with van der Waals surface area (Å²) in [7, 11) is 0. The van der Waals surface area contributed by atoms with Crippen LogP contribution in [0.4, 0.5) is 0 Å². The van der Waals surface area contributed by atoms with Gasteiger partial charge in [0.25, 0.3) is 0 Å². The Morgan fingerprint density at radius 3 is 2.69 bits per heavy atom. The van der Waals surface area contributed by atoms with Crippen molar-refractivity contribution in [3.8, 4) is 23.3 Å². The van der Waals surface area contributed by atoms with E-state index < -0.39 is 5.97 Å². The first-order chi connectivity index (χ1) is 12.5. The van der Waals surface area contributed by atoms with E-state index in [2.05, 4.69) is 0 Å². The highest BCUT2D eigenvalue weighted by molar-refractivity contribution is 5.87. The second-order valence-corrected chi connectivity index (χ2v) is 5.40. The largest absolute Gasteiger partial charge is 0.545 e. The maximum Gasteiger partial charge on any atom is 0.235 e. The van der Waals surface area contributed by atoms with E-state index in [0.29, 0.717) is 22.6 Å². The first-order valence-electron chi connectivity index (χ1n) is 7.55. The standard InChI is InChI=1S/C19H13NO6/c1-11-8-13(3-4-14(11)19(22)23)26-17-10-25-16-9-12(24-7-6-20)2-5-15(16)18(17)21/h2-5,8-10H,7H2,1H3,(H,22,23)/p-1. The van der Waals surface area contributed by atoms with Gasteiger partial charge in [-0.3, -0.25) is 4.79 Å². The highest BCUT2D eigenvalue weighted by Gasteiger charge is 2.11. The Kier molecular flexibility index (Phi) is 4.58. The number of aryl methyl sites for hydroxylation is 1. The average molecular weight is 350 g/mol. The number of hydrogen-bond donors (Lipinski definition) is 0. The Morgan fingerprint density at radius 1 is 1.23 bits per heavy atom. The number of carboxylic acids is 1. The molecule has 0 amide bonds. The molecule has 130 valence electrons. The highest BCUT2D eigenvalue weighted by atomic mass is 16.5. The van der Waals surface area contributed by atoms with Crippen LogP contribution in [0.1, 0.15) is 15.9 Å². The fourth-order valence-electron chi connectivity index (χ4n) is 2.42. The monoisotopic (exact) mass is 350 g/mol. The molecule has 0 fully saturated rings. The van der Waals surface area contributed by atoms with E-state index in [4.69, 9.17) is 19.2 Å². The fourth-order valence-corrected chi connectivity index (χ4v) is 2.42. The van der Waals surface area contributed by atoms with Crippen LogP contribution in [0.2, 0.25) is 0 Å². The van der Waals surface area contributed by atoms with Crippen LogP contribution in [0, 0.1) is 18.3 Å². The molecule has 7 nitrogen and oxygen atoms in total. The van der Waals surface area contributed by atoms with Crippen LogP contribution in [0.15, 0.2) is 51.9 Å². The molecule has 0 aliphatic heterocycles. The smallest absolute Gasteiger partial charge is 0.235 e. The van der Waals surface area contributed by atoms with Gasteiger partial charge in [0, 0.05) is 11.6 Å². The lowest BCUT2D eigenvalue weighted by molar-refractivity contribution is -0.255. The van der Waals surface area contributed by atoms with Gasteiger partial charge in [0.15, 0.2) is 6.61 Å². The van der Waals surface area contributed by atoms with Crippen LogP contribution >= 0.6 is 0 Å². The lowest BCUT2D eigenvalue weighted by atomic mass is 10.1. The fraction of sp³-hybridized carbons (Fsp3) is 0.105. The molecule has 1 heterocycles. The minimum Gasteiger partial charge on any atom is -0.545 e. The predicted octanol–water partition coefficient (Wildman–Crippen LogP) is 2.16. The minimum absolute atomic E-state index is 0.0382. The molecule has 7 heteroatoms. The topological polar surface area (TPSA) is 113 Å². The number of carboxylic acid groups (broad SMARTS) is 1. The van der Waals surface area contributed by atoms with Crippen molar-refractivity contribution in [1.29, 1.82) is 5.26 Å². The Balaban J connectivity index is 1.93. The number of nitriles is 1. The van der Waals surface area contributed by atoms with Gasteiger partial charge in [0.1, 0.15) is 29.4 Å². The molecule has 26 heavy (non-hydrogen) atoms. The van der Waals surface area contributed by atoms with Crippen LogP contribution in [0.25, 0.3) is 11.0 Å². The van der Waals surface area contributed by atoms with Crippen LogP contribution in [0.3, 0.4) is 0 Å². The first kappa shape index (κ1) is 17.0. The van der Waals surface area contributed by atoms with E-state index >= 15 is 0 Å². The Hall–Kier alpha value is -3.79. The maximum absolute atomic E-state index is 12.5. The number of carbonyl (C=O) groups is 1. The second kappa shape index (κ2) is 6.99. The summed E-state index contributed by atoms with van der Waals surface area (Å²) in [6.07, 6.45) is 1.17. The molecular formula is C19H12NO6-. The van der Waals surface area contributed by atoms with Gasteiger partial charge in [0.05, 0.1) is 11.4 Å². The molecule has 0 atom stereocenters. The van der Waals surface area contributed by atoms with Gasteiger partial charge in [-0.25, -0.2) is 0 Å². The van der Waals surface area contributed by atoms with E-state index in [9.17, 15) is 14.7 Å². The molecule has 0 N–H and O–H groups in total. The molecule has 0 radical (unpaired) electrons. The van der Waals surface area contributed by atoms with Crippen molar-refractivity contribution in [3.63, 3.8) is 0 Å². The van der Waals surface area contributed by atoms with Crippen LogP contribution in [-0.2, 0) is 0 Å². The van der Waals surface area contributed by atoms with Gasteiger partial charge < -0.3 is 23.8 Å². The zero-order valence-corrected chi connectivity index (χ0v) is 13.6. The number of fused-ring (bicyclic) bond motifs is 1. The van der Waals surface area contributed by atoms with Gasteiger partial charge in [-0.15, -0.1) is 0 Å². The molecule has 0 unspecified atom stereocenters. The molecule has 3 rings (SSSR count). The number of benzene rings is 2. The Bertz CT molecular complexity index is 1090.